The number of carbonyl (C=O) groups excluding carboxylic acids is 1. The van der Waals surface area contributed by atoms with Crippen LogP contribution in [0.2, 0.25) is 5.02 Å². The molecule has 1 amide bonds. The molecule has 2 rings (SSSR count). The number of hydrogen-bond acceptors (Lipinski definition) is 2. The smallest absolute Gasteiger partial charge is 0.257 e. The molecule has 2 aromatic carbocycles. The van der Waals surface area contributed by atoms with Gasteiger partial charge in [-0.05, 0) is 19.1 Å². The summed E-state index contributed by atoms with van der Waals surface area (Å²) in [6.07, 6.45) is 0. The van der Waals surface area contributed by atoms with E-state index in [1.165, 1.54) is 0 Å². The van der Waals surface area contributed by atoms with Crippen molar-refractivity contribution >= 4 is 28.3 Å². The van der Waals surface area contributed by atoms with Crippen molar-refractivity contribution in [2.75, 3.05) is 13.2 Å². The summed E-state index contributed by atoms with van der Waals surface area (Å²) in [5, 5.41) is 5.20. The van der Waals surface area contributed by atoms with Gasteiger partial charge in [-0.15, -0.1) is 0 Å². The summed E-state index contributed by atoms with van der Waals surface area (Å²) in [5.41, 5.74) is 0. The van der Waals surface area contributed by atoms with Crippen molar-refractivity contribution in [1.82, 2.24) is 5.32 Å². The summed E-state index contributed by atoms with van der Waals surface area (Å²) in [6, 6.07) is 11.2. The Morgan fingerprint density at radius 3 is 2.67 bits per heavy atom. The van der Waals surface area contributed by atoms with Gasteiger partial charge in [-0.3, -0.25) is 4.79 Å². The molecule has 0 atom stereocenters. The van der Waals surface area contributed by atoms with Crippen LogP contribution in [0, 0.1) is 0 Å². The van der Waals surface area contributed by atoms with Crippen LogP contribution < -0.4 is 10.1 Å². The molecule has 0 saturated heterocycles. The Balaban J connectivity index is 2.24. The highest BCUT2D eigenvalue weighted by molar-refractivity contribution is 6.35. The molecule has 0 bridgehead atoms. The molecule has 4 heteroatoms. The predicted molar refractivity (Wildman–Crippen MR) is 73.1 cm³/mol. The molecule has 0 radical (unpaired) electrons. The van der Waals surface area contributed by atoms with E-state index >= 15 is 0 Å². The quantitative estimate of drug-likeness (QED) is 0.921. The lowest BCUT2D eigenvalue weighted by molar-refractivity contribution is -0.122. The number of likely N-dealkylation sites (N-methyl/N-ethyl adjacent to an activating group) is 1. The zero-order chi connectivity index (χ0) is 13.0. The Kier molecular flexibility index (Phi) is 4.05. The Labute approximate surface area is 111 Å². The molecule has 2 aromatic rings. The molecule has 0 spiro atoms. The normalized spacial score (nSPS) is 10.3. The number of amides is 1. The molecule has 0 aromatic heterocycles. The molecule has 3 nitrogen and oxygen atoms in total. The first kappa shape index (κ1) is 12.7. The summed E-state index contributed by atoms with van der Waals surface area (Å²) in [6.45, 7) is 2.48. The second-order valence-corrected chi connectivity index (χ2v) is 4.24. The van der Waals surface area contributed by atoms with Crippen LogP contribution in [0.1, 0.15) is 6.92 Å². The van der Waals surface area contributed by atoms with E-state index in [2.05, 4.69) is 5.32 Å². The van der Waals surface area contributed by atoms with E-state index in [9.17, 15) is 4.79 Å². The van der Waals surface area contributed by atoms with Crippen LogP contribution in [0.5, 0.6) is 5.75 Å². The minimum absolute atomic E-state index is 0.0134. The fourth-order valence-electron chi connectivity index (χ4n) is 1.75. The molecule has 94 valence electrons. The van der Waals surface area contributed by atoms with Crippen molar-refractivity contribution in [1.29, 1.82) is 0 Å². The van der Waals surface area contributed by atoms with Crippen LogP contribution >= 0.6 is 11.6 Å². The van der Waals surface area contributed by atoms with Crippen molar-refractivity contribution in [2.24, 2.45) is 0 Å². The number of hydrogen-bond donors (Lipinski definition) is 1. The largest absolute Gasteiger partial charge is 0.483 e. The second kappa shape index (κ2) is 5.74. The summed E-state index contributed by atoms with van der Waals surface area (Å²) < 4.78 is 5.52. The van der Waals surface area contributed by atoms with E-state index in [1.54, 1.807) is 12.1 Å². The van der Waals surface area contributed by atoms with Crippen LogP contribution in [0.4, 0.5) is 0 Å². The first-order chi connectivity index (χ1) is 8.72. The zero-order valence-electron chi connectivity index (χ0n) is 10.1. The van der Waals surface area contributed by atoms with Gasteiger partial charge in [0.05, 0.1) is 0 Å². The number of fused-ring (bicyclic) bond motifs is 1. The van der Waals surface area contributed by atoms with E-state index in [4.69, 9.17) is 16.3 Å². The van der Waals surface area contributed by atoms with Crippen LogP contribution in [0.15, 0.2) is 36.4 Å². The van der Waals surface area contributed by atoms with Gasteiger partial charge >= 0.3 is 0 Å². The van der Waals surface area contributed by atoms with E-state index in [1.807, 2.05) is 31.2 Å². The van der Waals surface area contributed by atoms with Gasteiger partial charge in [0.15, 0.2) is 6.61 Å². The Bertz CT molecular complexity index is 569. The lowest BCUT2D eigenvalue weighted by Crippen LogP contribution is -2.28. The minimum Gasteiger partial charge on any atom is -0.483 e. The summed E-state index contributed by atoms with van der Waals surface area (Å²) in [5.74, 6) is 0.540. The number of nitrogens with one attached hydrogen (secondary N) is 1. The molecular weight excluding hydrogens is 250 g/mol. The zero-order valence-corrected chi connectivity index (χ0v) is 10.8. The molecule has 0 saturated carbocycles. The van der Waals surface area contributed by atoms with Gasteiger partial charge in [-0.1, -0.05) is 35.9 Å². The Morgan fingerprint density at radius 1 is 1.22 bits per heavy atom. The molecule has 18 heavy (non-hydrogen) atoms. The van der Waals surface area contributed by atoms with Crippen LogP contribution in [0.3, 0.4) is 0 Å². The molecule has 0 unspecified atom stereocenters. The van der Waals surface area contributed by atoms with E-state index < -0.39 is 0 Å². The van der Waals surface area contributed by atoms with Crippen LogP contribution in [0.25, 0.3) is 10.8 Å². The molecular formula is C14H14ClNO2. The maximum Gasteiger partial charge on any atom is 0.257 e. The van der Waals surface area contributed by atoms with Crippen LogP contribution in [-0.2, 0) is 4.79 Å². The third-order valence-electron chi connectivity index (χ3n) is 2.56. The van der Waals surface area contributed by atoms with Gasteiger partial charge in [0.25, 0.3) is 5.91 Å². The maximum atomic E-state index is 11.4. The van der Waals surface area contributed by atoms with Crippen molar-refractivity contribution in [2.45, 2.75) is 6.92 Å². The molecule has 0 aliphatic rings. The van der Waals surface area contributed by atoms with Crippen LogP contribution in [-0.4, -0.2) is 19.1 Å². The minimum atomic E-state index is -0.128. The maximum absolute atomic E-state index is 11.4. The molecule has 0 aliphatic carbocycles. The Morgan fingerprint density at radius 2 is 1.94 bits per heavy atom. The van der Waals surface area contributed by atoms with Gasteiger partial charge in [0.1, 0.15) is 5.75 Å². The fourth-order valence-corrected chi connectivity index (χ4v) is 1.98. The van der Waals surface area contributed by atoms with Gasteiger partial charge in [0.2, 0.25) is 0 Å². The summed E-state index contributed by atoms with van der Waals surface area (Å²) >= 11 is 6.11. The Hall–Kier alpha value is -1.74. The number of rotatable bonds is 4. The van der Waals surface area contributed by atoms with Crippen molar-refractivity contribution in [3.05, 3.63) is 41.4 Å². The third kappa shape index (κ3) is 2.74. The second-order valence-electron chi connectivity index (χ2n) is 3.83. The van der Waals surface area contributed by atoms with Gasteiger partial charge in [-0.2, -0.15) is 0 Å². The van der Waals surface area contributed by atoms with Crippen molar-refractivity contribution < 1.29 is 9.53 Å². The lowest BCUT2D eigenvalue weighted by Gasteiger charge is -2.10. The highest BCUT2D eigenvalue weighted by Crippen LogP contribution is 2.31. The van der Waals surface area contributed by atoms with Gasteiger partial charge in [-0.25, -0.2) is 0 Å². The highest BCUT2D eigenvalue weighted by atomic mass is 35.5. The predicted octanol–water partition coefficient (Wildman–Crippen LogP) is 3.01. The van der Waals surface area contributed by atoms with E-state index in [0.29, 0.717) is 17.3 Å². The van der Waals surface area contributed by atoms with Gasteiger partial charge in [0, 0.05) is 22.3 Å². The number of carbonyl (C=O) groups is 1. The van der Waals surface area contributed by atoms with Gasteiger partial charge < -0.3 is 10.1 Å². The molecule has 0 aliphatic heterocycles. The highest BCUT2D eigenvalue weighted by Gasteiger charge is 2.07. The van der Waals surface area contributed by atoms with E-state index in [-0.39, 0.29) is 12.5 Å². The van der Waals surface area contributed by atoms with Crippen molar-refractivity contribution in [3.63, 3.8) is 0 Å². The number of benzene rings is 2. The third-order valence-corrected chi connectivity index (χ3v) is 2.89. The first-order valence-corrected chi connectivity index (χ1v) is 6.17. The average Bonchev–Trinajstić information content (AvgIpc) is 2.39. The molecule has 0 fully saturated rings. The lowest BCUT2D eigenvalue weighted by atomic mass is 10.1. The fraction of sp³-hybridized carbons (Fsp3) is 0.214. The standard InChI is InChI=1S/C14H14ClNO2/c1-2-16-14(17)9-18-13-8-7-12(15)10-5-3-4-6-11(10)13/h3-8H,2,9H2,1H3,(H,16,17). The first-order valence-electron chi connectivity index (χ1n) is 5.79. The monoisotopic (exact) mass is 263 g/mol. The van der Waals surface area contributed by atoms with Crippen molar-refractivity contribution in [3.8, 4) is 5.75 Å². The number of ether oxygens (including phenoxy) is 1. The average molecular weight is 264 g/mol. The summed E-state index contributed by atoms with van der Waals surface area (Å²) in [4.78, 5) is 11.4. The topological polar surface area (TPSA) is 38.3 Å². The molecule has 1 N–H and O–H groups in total. The summed E-state index contributed by atoms with van der Waals surface area (Å²) in [7, 11) is 0. The SMILES string of the molecule is CCNC(=O)COc1ccc(Cl)c2ccccc12. The number of halogens is 1. The van der Waals surface area contributed by atoms with E-state index in [0.717, 1.165) is 10.8 Å². The molecule has 0 heterocycles.